The fourth-order valence-corrected chi connectivity index (χ4v) is 1.86. The third kappa shape index (κ3) is 1.37. The molecule has 13 heavy (non-hydrogen) atoms. The molecule has 0 unspecified atom stereocenters. The molecule has 0 aliphatic carbocycles. The highest BCUT2D eigenvalue weighted by Crippen LogP contribution is 2.20. The van der Waals surface area contributed by atoms with E-state index in [9.17, 15) is 9.18 Å². The molecule has 0 amide bonds. The maximum absolute atomic E-state index is 12.9. The van der Waals surface area contributed by atoms with E-state index in [0.717, 1.165) is 0 Å². The molecule has 4 heteroatoms. The summed E-state index contributed by atoms with van der Waals surface area (Å²) < 4.78 is 13.4. The molecule has 0 spiro atoms. The summed E-state index contributed by atoms with van der Waals surface area (Å²) in [5, 5.41) is 0.476. The van der Waals surface area contributed by atoms with Gasteiger partial charge in [-0.25, -0.2) is 4.39 Å². The van der Waals surface area contributed by atoms with E-state index in [1.807, 2.05) is 0 Å². The van der Waals surface area contributed by atoms with Crippen LogP contribution in [0, 0.1) is 5.82 Å². The van der Waals surface area contributed by atoms with Gasteiger partial charge in [0.1, 0.15) is 5.82 Å². The molecule has 66 valence electrons. The minimum Gasteiger partial charge on any atom is -0.361 e. The van der Waals surface area contributed by atoms with E-state index in [1.165, 1.54) is 24.4 Å². The third-order valence-electron chi connectivity index (χ3n) is 1.77. The van der Waals surface area contributed by atoms with E-state index in [2.05, 4.69) is 20.9 Å². The zero-order valence-corrected chi connectivity index (χ0v) is 8.06. The molecule has 2 aromatic rings. The van der Waals surface area contributed by atoms with E-state index in [1.54, 1.807) is 0 Å². The van der Waals surface area contributed by atoms with Crippen LogP contribution in [0.25, 0.3) is 10.9 Å². The zero-order valence-electron chi connectivity index (χ0n) is 6.47. The first-order chi connectivity index (χ1) is 6.18. The average Bonchev–Trinajstić information content (AvgIpc) is 2.02. The van der Waals surface area contributed by atoms with E-state index >= 15 is 0 Å². The minimum atomic E-state index is -0.374. The highest BCUT2D eigenvalue weighted by molar-refractivity contribution is 9.10. The normalized spacial score (nSPS) is 10.6. The lowest BCUT2D eigenvalue weighted by molar-refractivity contribution is 0.628. The number of hydrogen-bond acceptors (Lipinski definition) is 1. The molecule has 0 radical (unpaired) electrons. The van der Waals surface area contributed by atoms with Gasteiger partial charge < -0.3 is 4.98 Å². The summed E-state index contributed by atoms with van der Waals surface area (Å²) in [6.45, 7) is 0. The van der Waals surface area contributed by atoms with Crippen LogP contribution in [-0.2, 0) is 0 Å². The Hall–Kier alpha value is -1.16. The first kappa shape index (κ1) is 8.44. The van der Waals surface area contributed by atoms with Gasteiger partial charge in [0.25, 0.3) is 0 Å². The molecule has 0 saturated carbocycles. The van der Waals surface area contributed by atoms with Crippen molar-refractivity contribution in [2.45, 2.75) is 0 Å². The molecule has 1 heterocycles. The van der Waals surface area contributed by atoms with Crippen LogP contribution in [0.1, 0.15) is 0 Å². The molecular weight excluding hydrogens is 237 g/mol. The molecule has 0 bridgehead atoms. The molecule has 0 fully saturated rings. The van der Waals surface area contributed by atoms with Gasteiger partial charge in [-0.05, 0) is 28.1 Å². The molecule has 0 atom stereocenters. The van der Waals surface area contributed by atoms with Gasteiger partial charge in [0.15, 0.2) is 5.43 Å². The Bertz CT molecular complexity index is 520. The predicted octanol–water partition coefficient (Wildman–Crippen LogP) is 2.43. The molecule has 0 aliphatic heterocycles. The molecule has 1 aromatic carbocycles. The lowest BCUT2D eigenvalue weighted by Crippen LogP contribution is -2.01. The van der Waals surface area contributed by atoms with Crippen molar-refractivity contribution in [2.24, 2.45) is 0 Å². The number of rotatable bonds is 0. The Morgan fingerprint density at radius 2 is 2.15 bits per heavy atom. The van der Waals surface area contributed by atoms with Gasteiger partial charge in [0.05, 0.1) is 10.9 Å². The van der Waals surface area contributed by atoms with Crippen LogP contribution < -0.4 is 5.43 Å². The topological polar surface area (TPSA) is 32.9 Å². The second-order valence-electron chi connectivity index (χ2n) is 2.65. The molecule has 1 aromatic heterocycles. The molecule has 2 nitrogen and oxygen atoms in total. The number of hydrogen-bond donors (Lipinski definition) is 1. The van der Waals surface area contributed by atoms with E-state index in [4.69, 9.17) is 0 Å². The van der Waals surface area contributed by atoms with Crippen LogP contribution in [0.3, 0.4) is 0 Å². The standard InChI is InChI=1S/C9H5BrFNO/c10-6-3-5(11)4-7-9(6)8(13)1-2-12-7/h1-4H,(H,12,13). The molecule has 2 rings (SSSR count). The van der Waals surface area contributed by atoms with E-state index in [-0.39, 0.29) is 11.2 Å². The van der Waals surface area contributed by atoms with Gasteiger partial charge >= 0.3 is 0 Å². The molecular formula is C9H5BrFNO. The SMILES string of the molecule is O=c1cc[nH]c2cc(F)cc(Br)c12. The van der Waals surface area contributed by atoms with Crippen LogP contribution in [-0.4, -0.2) is 4.98 Å². The lowest BCUT2D eigenvalue weighted by atomic mass is 10.2. The van der Waals surface area contributed by atoms with Gasteiger partial charge in [-0.15, -0.1) is 0 Å². The largest absolute Gasteiger partial charge is 0.361 e. The number of benzene rings is 1. The van der Waals surface area contributed by atoms with Crippen molar-refractivity contribution in [3.63, 3.8) is 0 Å². The highest BCUT2D eigenvalue weighted by atomic mass is 79.9. The van der Waals surface area contributed by atoms with Crippen LogP contribution in [0.15, 0.2) is 33.7 Å². The average molecular weight is 242 g/mol. The van der Waals surface area contributed by atoms with Crippen molar-refractivity contribution < 1.29 is 4.39 Å². The van der Waals surface area contributed by atoms with Crippen molar-refractivity contribution in [1.82, 2.24) is 4.98 Å². The quantitative estimate of drug-likeness (QED) is 0.756. The summed E-state index contributed by atoms with van der Waals surface area (Å²) in [5.41, 5.74) is 0.375. The fourth-order valence-electron chi connectivity index (χ4n) is 1.23. The number of pyridine rings is 1. The van der Waals surface area contributed by atoms with Crippen LogP contribution in [0.4, 0.5) is 4.39 Å². The predicted molar refractivity (Wildman–Crippen MR) is 52.2 cm³/mol. The second kappa shape index (κ2) is 2.96. The first-order valence-electron chi connectivity index (χ1n) is 3.65. The van der Waals surface area contributed by atoms with Crippen molar-refractivity contribution >= 4 is 26.8 Å². The Labute approximate surface area is 81.5 Å². The number of aromatic amines is 1. The third-order valence-corrected chi connectivity index (χ3v) is 2.40. The Morgan fingerprint density at radius 1 is 1.38 bits per heavy atom. The summed E-state index contributed by atoms with van der Waals surface area (Å²) in [5.74, 6) is -0.374. The number of aromatic nitrogens is 1. The summed E-state index contributed by atoms with van der Waals surface area (Å²) in [7, 11) is 0. The van der Waals surface area contributed by atoms with Gasteiger partial charge in [-0.1, -0.05) is 0 Å². The minimum absolute atomic E-state index is 0.124. The van der Waals surface area contributed by atoms with Crippen LogP contribution in [0.5, 0.6) is 0 Å². The highest BCUT2D eigenvalue weighted by Gasteiger charge is 2.04. The molecule has 0 saturated heterocycles. The Kier molecular flexibility index (Phi) is 1.92. The lowest BCUT2D eigenvalue weighted by Gasteiger charge is -1.99. The fraction of sp³-hybridized carbons (Fsp3) is 0. The molecule has 0 aliphatic rings. The number of fused-ring (bicyclic) bond motifs is 1. The van der Waals surface area contributed by atoms with Gasteiger partial charge in [0, 0.05) is 16.7 Å². The smallest absolute Gasteiger partial charge is 0.190 e. The summed E-state index contributed by atoms with van der Waals surface area (Å²) in [6.07, 6.45) is 1.50. The second-order valence-corrected chi connectivity index (χ2v) is 3.51. The summed E-state index contributed by atoms with van der Waals surface area (Å²) >= 11 is 3.14. The van der Waals surface area contributed by atoms with Gasteiger partial charge in [-0.2, -0.15) is 0 Å². The number of nitrogens with one attached hydrogen (secondary N) is 1. The first-order valence-corrected chi connectivity index (χ1v) is 4.44. The maximum Gasteiger partial charge on any atom is 0.190 e. The van der Waals surface area contributed by atoms with Gasteiger partial charge in [0.2, 0.25) is 0 Å². The number of H-pyrrole nitrogens is 1. The van der Waals surface area contributed by atoms with Crippen molar-refractivity contribution in [2.75, 3.05) is 0 Å². The van der Waals surface area contributed by atoms with E-state index in [0.29, 0.717) is 15.4 Å². The van der Waals surface area contributed by atoms with Crippen molar-refractivity contribution in [3.05, 3.63) is 44.9 Å². The summed E-state index contributed by atoms with van der Waals surface area (Å²) in [6, 6.07) is 3.98. The van der Waals surface area contributed by atoms with Crippen molar-refractivity contribution in [3.8, 4) is 0 Å². The maximum atomic E-state index is 12.9. The van der Waals surface area contributed by atoms with E-state index < -0.39 is 0 Å². The monoisotopic (exact) mass is 241 g/mol. The van der Waals surface area contributed by atoms with Crippen LogP contribution in [0.2, 0.25) is 0 Å². The zero-order chi connectivity index (χ0) is 9.42. The van der Waals surface area contributed by atoms with Crippen molar-refractivity contribution in [1.29, 1.82) is 0 Å². The number of halogens is 2. The summed E-state index contributed by atoms with van der Waals surface area (Å²) in [4.78, 5) is 14.1. The Morgan fingerprint density at radius 3 is 2.92 bits per heavy atom. The molecule has 1 N–H and O–H groups in total. The Balaban J connectivity index is 3.03. The van der Waals surface area contributed by atoms with Crippen LogP contribution >= 0.6 is 15.9 Å². The van der Waals surface area contributed by atoms with Gasteiger partial charge in [-0.3, -0.25) is 4.79 Å².